The van der Waals surface area contributed by atoms with E-state index in [0.717, 1.165) is 0 Å². The lowest BCUT2D eigenvalue weighted by molar-refractivity contribution is 1.09. The van der Waals surface area contributed by atoms with Gasteiger partial charge in [0.25, 0.3) is 0 Å². The highest BCUT2D eigenvalue weighted by Gasteiger charge is 2.06. The van der Waals surface area contributed by atoms with E-state index in [4.69, 9.17) is 0 Å². The Morgan fingerprint density at radius 1 is 0.171 bits per heavy atom. The van der Waals surface area contributed by atoms with E-state index in [2.05, 4.69) is 246 Å². The van der Waals surface area contributed by atoms with E-state index in [1.165, 1.54) is 100 Å². The molecule has 0 fully saturated rings. The molecular formula is C70H88. The first-order chi connectivity index (χ1) is 34.6. The van der Waals surface area contributed by atoms with Crippen molar-refractivity contribution >= 4 is 43.1 Å². The Labute approximate surface area is 427 Å². The third-order valence-corrected chi connectivity index (χ3v) is 10.1. The number of fused-ring (bicyclic) bond motifs is 4. The smallest absolute Gasteiger partial charge is 0.0177 e. The predicted octanol–water partition coefficient (Wildman–Crippen LogP) is 23.6. The van der Waals surface area contributed by atoms with Gasteiger partial charge < -0.3 is 0 Å². The molecule has 0 bridgehead atoms. The lowest BCUT2D eigenvalue weighted by Gasteiger charge is -2.09. The summed E-state index contributed by atoms with van der Waals surface area (Å²) in [5.41, 5.74) is 10.1. The molecule has 0 amide bonds. The highest BCUT2D eigenvalue weighted by Crippen LogP contribution is 2.32. The minimum atomic E-state index is 1.25. The summed E-state index contributed by atoms with van der Waals surface area (Å²) in [5, 5.41) is 10.2. The fourth-order valence-electron chi connectivity index (χ4n) is 7.21. The maximum absolute atomic E-state index is 2.30. The normalized spacial score (nSPS) is 9.26. The van der Waals surface area contributed by atoms with Crippen molar-refractivity contribution in [3.63, 3.8) is 0 Å². The second-order valence-electron chi connectivity index (χ2n) is 14.8. The molecule has 0 aliphatic heterocycles. The van der Waals surface area contributed by atoms with Crippen molar-refractivity contribution in [3.8, 4) is 44.5 Å². The second kappa shape index (κ2) is 37.2. The van der Waals surface area contributed by atoms with Gasteiger partial charge in [-0.2, -0.15) is 0 Å². The van der Waals surface area contributed by atoms with Gasteiger partial charge in [-0.1, -0.05) is 306 Å². The van der Waals surface area contributed by atoms with Gasteiger partial charge in [-0.05, 0) is 124 Å². The first kappa shape index (κ1) is 61.3. The lowest BCUT2D eigenvalue weighted by atomic mass is 9.96. The zero-order chi connectivity index (χ0) is 52.1. The van der Waals surface area contributed by atoms with Crippen molar-refractivity contribution in [2.45, 2.75) is 124 Å². The second-order valence-corrected chi connectivity index (χ2v) is 14.8. The zero-order valence-corrected chi connectivity index (χ0v) is 46.2. The molecule has 0 N–H and O–H groups in total. The average molecular weight is 929 g/mol. The minimum absolute atomic E-state index is 1.25. The predicted molar refractivity (Wildman–Crippen MR) is 325 cm³/mol. The monoisotopic (exact) mass is 929 g/mol. The summed E-state index contributed by atoms with van der Waals surface area (Å²) in [6.45, 7) is 32.5. The summed E-state index contributed by atoms with van der Waals surface area (Å²) < 4.78 is 0. The van der Waals surface area contributed by atoms with Crippen LogP contribution < -0.4 is 0 Å². The van der Waals surface area contributed by atoms with Crippen molar-refractivity contribution in [1.82, 2.24) is 0 Å². The van der Waals surface area contributed by atoms with Crippen molar-refractivity contribution in [1.29, 1.82) is 0 Å². The summed E-state index contributed by atoms with van der Waals surface area (Å²) in [6, 6.07) is 78.4. The van der Waals surface area contributed by atoms with Crippen LogP contribution >= 0.6 is 0 Å². The molecule has 0 unspecified atom stereocenters. The topological polar surface area (TPSA) is 0 Å². The Balaban J connectivity index is 0.000000540. The highest BCUT2D eigenvalue weighted by atomic mass is 14.1. The lowest BCUT2D eigenvalue weighted by Crippen LogP contribution is -1.83. The Morgan fingerprint density at radius 2 is 0.329 bits per heavy atom. The molecule has 0 spiro atoms. The summed E-state index contributed by atoms with van der Waals surface area (Å²) in [6.07, 6.45) is 2.50. The molecule has 10 aromatic rings. The molecule has 10 rings (SSSR count). The van der Waals surface area contributed by atoms with Crippen LogP contribution in [0, 0.1) is 0 Å². The zero-order valence-electron chi connectivity index (χ0n) is 46.2. The van der Waals surface area contributed by atoms with Crippen LogP contribution in [-0.2, 0) is 0 Å². The third-order valence-electron chi connectivity index (χ3n) is 10.1. The van der Waals surface area contributed by atoms with Gasteiger partial charge in [-0.3, -0.25) is 0 Å². The molecule has 0 saturated carbocycles. The number of benzene rings is 10. The molecule has 0 atom stereocenters. The molecule has 0 heteroatoms. The van der Waals surface area contributed by atoms with Crippen LogP contribution in [0.5, 0.6) is 0 Å². The van der Waals surface area contributed by atoms with Gasteiger partial charge in [-0.15, -0.1) is 0 Å². The fraction of sp³-hybridized carbons (Fsp3) is 0.257. The molecule has 0 saturated heterocycles. The average Bonchev–Trinajstić information content (AvgIpc) is 3.46. The van der Waals surface area contributed by atoms with Gasteiger partial charge >= 0.3 is 0 Å². The van der Waals surface area contributed by atoms with E-state index in [0.29, 0.717) is 0 Å². The van der Waals surface area contributed by atoms with Gasteiger partial charge in [0.15, 0.2) is 0 Å². The van der Waals surface area contributed by atoms with E-state index < -0.39 is 0 Å². The van der Waals surface area contributed by atoms with Crippen molar-refractivity contribution < 1.29 is 0 Å². The maximum atomic E-state index is 2.30. The summed E-state index contributed by atoms with van der Waals surface area (Å²) in [5.74, 6) is 0. The molecule has 0 heterocycles. The fourth-order valence-corrected chi connectivity index (χ4v) is 7.21. The highest BCUT2D eigenvalue weighted by molar-refractivity contribution is 5.95. The van der Waals surface area contributed by atoms with Crippen molar-refractivity contribution in [3.05, 3.63) is 218 Å². The van der Waals surface area contributed by atoms with E-state index in [1.54, 1.807) is 0 Å². The first-order valence-corrected chi connectivity index (χ1v) is 26.7. The molecule has 0 nitrogen and oxygen atoms in total. The molecule has 368 valence electrons. The van der Waals surface area contributed by atoms with Gasteiger partial charge in [0.05, 0.1) is 0 Å². The van der Waals surface area contributed by atoms with E-state index in [-0.39, 0.29) is 0 Å². The van der Waals surface area contributed by atoms with Gasteiger partial charge in [0.2, 0.25) is 0 Å². The van der Waals surface area contributed by atoms with Crippen LogP contribution in [0.2, 0.25) is 0 Å². The number of hydrogen-bond acceptors (Lipinski definition) is 0. The number of rotatable bonds is 4. The third kappa shape index (κ3) is 18.6. The quantitative estimate of drug-likeness (QED) is 0.165. The van der Waals surface area contributed by atoms with Crippen LogP contribution in [-0.4, -0.2) is 0 Å². The largest absolute Gasteiger partial charge is 0.0683 e. The molecule has 0 aliphatic rings. The van der Waals surface area contributed by atoms with Crippen LogP contribution in [0.15, 0.2) is 218 Å². The van der Waals surface area contributed by atoms with Crippen LogP contribution in [0.3, 0.4) is 0 Å². The summed E-state index contributed by atoms with van der Waals surface area (Å²) in [7, 11) is 0. The Kier molecular flexibility index (Phi) is 32.5. The SMILES string of the molecule is CC.CC.CC.CC.CC.CC.CCC.CCC.c1ccc(-c2ccc3cc(-c4ccccc4)ccc3c2)cc1.c1ccc2cc(-c3ccc4cc(-c5ccc6ccccc6c5)ccc4c3)ccc2c1. The maximum Gasteiger partial charge on any atom is -0.0177 e. The Morgan fingerprint density at radius 3 is 0.557 bits per heavy atom. The van der Waals surface area contributed by atoms with E-state index in [9.17, 15) is 0 Å². The Hall–Kier alpha value is -6.76. The first-order valence-electron chi connectivity index (χ1n) is 26.7. The van der Waals surface area contributed by atoms with Gasteiger partial charge in [0.1, 0.15) is 0 Å². The van der Waals surface area contributed by atoms with Crippen LogP contribution in [0.25, 0.3) is 87.6 Å². The minimum Gasteiger partial charge on any atom is -0.0683 e. The molecule has 0 radical (unpaired) electrons. The number of hydrogen-bond donors (Lipinski definition) is 0. The van der Waals surface area contributed by atoms with Gasteiger partial charge in [0, 0.05) is 0 Å². The molecule has 0 aliphatic carbocycles. The van der Waals surface area contributed by atoms with Crippen molar-refractivity contribution in [2.24, 2.45) is 0 Å². The molecule has 70 heavy (non-hydrogen) atoms. The van der Waals surface area contributed by atoms with Crippen LogP contribution in [0.4, 0.5) is 0 Å². The van der Waals surface area contributed by atoms with Crippen LogP contribution in [0.1, 0.15) is 124 Å². The summed E-state index contributed by atoms with van der Waals surface area (Å²) in [4.78, 5) is 0. The molecule has 10 aromatic carbocycles. The van der Waals surface area contributed by atoms with E-state index in [1.807, 2.05) is 83.1 Å². The molecular weight excluding hydrogens is 841 g/mol. The van der Waals surface area contributed by atoms with Crippen molar-refractivity contribution in [2.75, 3.05) is 0 Å². The van der Waals surface area contributed by atoms with E-state index >= 15 is 0 Å². The standard InChI is InChI=1S/C30H20.C22H16.2C3H8.6C2H6/c1-3-7-23-17-25(11-9-21(23)5-1)27-13-15-30-20-28(14-16-29(30)19-27)26-12-10-22-6-2-4-8-24(22)18-26;1-3-7-17(8-4-1)19-11-13-22-16-20(12-14-21(22)15-19)18-9-5-2-6-10-18;2*1-3-2;6*1-2/h1-20H;1-16H;2*3H2,1-2H3;6*1-2H3. The van der Waals surface area contributed by atoms with Gasteiger partial charge in [-0.25, -0.2) is 0 Å². The summed E-state index contributed by atoms with van der Waals surface area (Å²) >= 11 is 0. The Bertz CT molecular complexity index is 2670. The molecule has 0 aromatic heterocycles.